The molecule has 0 amide bonds. The molecule has 0 fully saturated rings. The molecule has 2 heterocycles. The van der Waals surface area contributed by atoms with Gasteiger partial charge in [-0.2, -0.15) is 4.73 Å². The molecule has 0 aliphatic heterocycles. The van der Waals surface area contributed by atoms with Crippen LogP contribution in [0.5, 0.6) is 0 Å². The summed E-state index contributed by atoms with van der Waals surface area (Å²) in [6.07, 6.45) is 0. The number of rotatable bonds is 0. The summed E-state index contributed by atoms with van der Waals surface area (Å²) >= 11 is 0. The molecule has 0 aromatic carbocycles. The van der Waals surface area contributed by atoms with E-state index in [1.54, 1.807) is 26.0 Å². The molecule has 2 aromatic heterocycles. The molecule has 0 aliphatic carbocycles. The lowest BCUT2D eigenvalue weighted by molar-refractivity contribution is -0.619. The number of hydrogen-bond donors (Lipinski definition) is 0. The van der Waals surface area contributed by atoms with Crippen LogP contribution in [0.25, 0.3) is 0 Å². The fourth-order valence-electron chi connectivity index (χ4n) is 1.42. The highest BCUT2D eigenvalue weighted by Gasteiger charge is 1.98. The predicted octanol–water partition coefficient (Wildman–Crippen LogP) is 2.64. The predicted molar refractivity (Wildman–Crippen MR) is 68.6 cm³/mol. The molecule has 0 radical (unpaired) electrons. The first-order chi connectivity index (χ1) is 8.00. The molecule has 0 saturated carbocycles. The number of pyridine rings is 2. The van der Waals surface area contributed by atoms with Crippen LogP contribution in [0, 0.1) is 32.9 Å². The summed E-state index contributed by atoms with van der Waals surface area (Å²) < 4.78 is 0.917. The van der Waals surface area contributed by atoms with Gasteiger partial charge < -0.3 is 5.21 Å². The Kier molecular flexibility index (Phi) is 4.64. The highest BCUT2D eigenvalue weighted by molar-refractivity contribution is 5.07. The molecule has 3 nitrogen and oxygen atoms in total. The summed E-state index contributed by atoms with van der Waals surface area (Å²) in [5.41, 5.74) is 3.67. The summed E-state index contributed by atoms with van der Waals surface area (Å²) in [5, 5.41) is 10.9. The van der Waals surface area contributed by atoms with E-state index in [0.717, 1.165) is 27.5 Å². The van der Waals surface area contributed by atoms with Crippen LogP contribution in [-0.2, 0) is 0 Å². The van der Waals surface area contributed by atoms with Crippen LogP contribution in [-0.4, -0.2) is 4.98 Å². The second-order valence-corrected chi connectivity index (χ2v) is 4.02. The quantitative estimate of drug-likeness (QED) is 0.515. The van der Waals surface area contributed by atoms with Gasteiger partial charge in [-0.05, 0) is 32.0 Å². The maximum atomic E-state index is 10.9. The van der Waals surface area contributed by atoms with Crippen molar-refractivity contribution in [1.29, 1.82) is 0 Å². The molecule has 2 rings (SSSR count). The largest absolute Gasteiger partial charge is 0.618 e. The van der Waals surface area contributed by atoms with Crippen molar-refractivity contribution in [2.45, 2.75) is 27.7 Å². The monoisotopic (exact) mass is 230 g/mol. The molecule has 0 bridgehead atoms. The van der Waals surface area contributed by atoms with Crippen molar-refractivity contribution < 1.29 is 4.73 Å². The topological polar surface area (TPSA) is 39.8 Å². The molecule has 0 aliphatic rings. The summed E-state index contributed by atoms with van der Waals surface area (Å²) in [6.45, 7) is 7.57. The van der Waals surface area contributed by atoms with Gasteiger partial charge in [0, 0.05) is 37.4 Å². The van der Waals surface area contributed by atoms with E-state index in [-0.39, 0.29) is 0 Å². The fraction of sp³-hybridized carbons (Fsp3) is 0.286. The number of aromatic nitrogens is 2. The Morgan fingerprint density at radius 2 is 1.24 bits per heavy atom. The molecule has 3 heteroatoms. The zero-order valence-corrected chi connectivity index (χ0v) is 10.8. The summed E-state index contributed by atoms with van der Waals surface area (Å²) in [6, 6.07) is 11.5. The van der Waals surface area contributed by atoms with Crippen molar-refractivity contribution in [3.8, 4) is 0 Å². The maximum Gasteiger partial charge on any atom is 0.189 e. The highest BCUT2D eigenvalue weighted by Crippen LogP contribution is 1.93. The third kappa shape index (κ3) is 4.23. The minimum absolute atomic E-state index is 0.745. The SMILES string of the molecule is Cc1cccc(C)[n+]1[O-].Cc1cccc(C)n1. The third-order valence-electron chi connectivity index (χ3n) is 2.34. The molecular weight excluding hydrogens is 212 g/mol. The average molecular weight is 230 g/mol. The molecule has 0 unspecified atom stereocenters. The maximum absolute atomic E-state index is 10.9. The first-order valence-corrected chi connectivity index (χ1v) is 5.57. The van der Waals surface area contributed by atoms with E-state index in [2.05, 4.69) is 4.98 Å². The molecule has 0 saturated heterocycles. The first kappa shape index (κ1) is 13.2. The van der Waals surface area contributed by atoms with Crippen LogP contribution in [0.3, 0.4) is 0 Å². The number of nitrogens with zero attached hydrogens (tertiary/aromatic N) is 2. The van der Waals surface area contributed by atoms with Crippen molar-refractivity contribution in [2.75, 3.05) is 0 Å². The van der Waals surface area contributed by atoms with Gasteiger partial charge in [-0.1, -0.05) is 6.07 Å². The normalized spacial score (nSPS) is 9.41. The van der Waals surface area contributed by atoms with Crippen LogP contribution < -0.4 is 4.73 Å². The van der Waals surface area contributed by atoms with Crippen LogP contribution in [0.2, 0.25) is 0 Å². The molecule has 0 N–H and O–H groups in total. The van der Waals surface area contributed by atoms with Crippen molar-refractivity contribution in [3.05, 3.63) is 64.4 Å². The van der Waals surface area contributed by atoms with Crippen molar-refractivity contribution >= 4 is 0 Å². The number of aryl methyl sites for hydroxylation is 4. The van der Waals surface area contributed by atoms with E-state index >= 15 is 0 Å². The molecule has 90 valence electrons. The van der Waals surface area contributed by atoms with Gasteiger partial charge in [0.05, 0.1) is 0 Å². The Balaban J connectivity index is 0.000000171. The lowest BCUT2D eigenvalue weighted by Gasteiger charge is -2.00. The smallest absolute Gasteiger partial charge is 0.189 e. The average Bonchev–Trinajstić information content (AvgIpc) is 2.26. The van der Waals surface area contributed by atoms with Gasteiger partial charge in [0.15, 0.2) is 11.4 Å². The van der Waals surface area contributed by atoms with Gasteiger partial charge >= 0.3 is 0 Å². The second-order valence-electron chi connectivity index (χ2n) is 4.02. The molecular formula is C14H18N2O. The zero-order chi connectivity index (χ0) is 12.8. The Morgan fingerprint density at radius 1 is 0.824 bits per heavy atom. The highest BCUT2D eigenvalue weighted by atomic mass is 16.5. The van der Waals surface area contributed by atoms with Crippen LogP contribution >= 0.6 is 0 Å². The van der Waals surface area contributed by atoms with E-state index in [1.807, 2.05) is 38.1 Å². The first-order valence-electron chi connectivity index (χ1n) is 5.57. The molecule has 17 heavy (non-hydrogen) atoms. The molecule has 0 atom stereocenters. The minimum atomic E-state index is 0.745. The molecule has 0 spiro atoms. The van der Waals surface area contributed by atoms with Crippen molar-refractivity contribution in [1.82, 2.24) is 4.98 Å². The van der Waals surface area contributed by atoms with Crippen LogP contribution in [0.15, 0.2) is 36.4 Å². The van der Waals surface area contributed by atoms with E-state index < -0.39 is 0 Å². The Hall–Kier alpha value is -1.90. The Bertz CT molecular complexity index is 458. The lowest BCUT2D eigenvalue weighted by Crippen LogP contribution is -2.32. The van der Waals surface area contributed by atoms with E-state index in [1.165, 1.54) is 0 Å². The third-order valence-corrected chi connectivity index (χ3v) is 2.34. The second kappa shape index (κ2) is 5.99. The summed E-state index contributed by atoms with van der Waals surface area (Å²) in [4.78, 5) is 4.17. The van der Waals surface area contributed by atoms with E-state index in [9.17, 15) is 5.21 Å². The standard InChI is InChI=1S/C7H9NO.C7H9N/c1-6-4-3-5-7(2)8(6)9;1-6-4-3-5-7(2)8-6/h3-5H,1-2H3;3-5H,1-2H3. The van der Waals surface area contributed by atoms with Gasteiger partial charge in [-0.15, -0.1) is 0 Å². The summed E-state index contributed by atoms with van der Waals surface area (Å²) in [7, 11) is 0. The van der Waals surface area contributed by atoms with Gasteiger partial charge in [0.1, 0.15) is 0 Å². The Labute approximate surface area is 102 Å². The van der Waals surface area contributed by atoms with Crippen molar-refractivity contribution in [2.24, 2.45) is 0 Å². The van der Waals surface area contributed by atoms with Gasteiger partial charge in [0.2, 0.25) is 0 Å². The van der Waals surface area contributed by atoms with Crippen LogP contribution in [0.1, 0.15) is 22.8 Å². The van der Waals surface area contributed by atoms with Crippen LogP contribution in [0.4, 0.5) is 0 Å². The van der Waals surface area contributed by atoms with Gasteiger partial charge in [-0.3, -0.25) is 4.98 Å². The summed E-state index contributed by atoms with van der Waals surface area (Å²) in [5.74, 6) is 0. The number of hydrogen-bond acceptors (Lipinski definition) is 2. The van der Waals surface area contributed by atoms with Crippen molar-refractivity contribution in [3.63, 3.8) is 0 Å². The Morgan fingerprint density at radius 3 is 1.53 bits per heavy atom. The lowest BCUT2D eigenvalue weighted by atomic mass is 10.3. The zero-order valence-electron chi connectivity index (χ0n) is 10.8. The van der Waals surface area contributed by atoms with E-state index in [0.29, 0.717) is 0 Å². The fourth-order valence-corrected chi connectivity index (χ4v) is 1.42. The van der Waals surface area contributed by atoms with E-state index in [4.69, 9.17) is 0 Å². The minimum Gasteiger partial charge on any atom is -0.618 e. The van der Waals surface area contributed by atoms with Gasteiger partial charge in [-0.25, -0.2) is 0 Å². The van der Waals surface area contributed by atoms with Gasteiger partial charge in [0.25, 0.3) is 0 Å². The molecule has 2 aromatic rings.